The molecule has 0 aromatic carbocycles. The van der Waals surface area contributed by atoms with Gasteiger partial charge < -0.3 is 9.84 Å². The number of rotatable bonds is 6. The van der Waals surface area contributed by atoms with Crippen LogP contribution in [0.4, 0.5) is 0 Å². The van der Waals surface area contributed by atoms with Crippen LogP contribution in [0.5, 0.6) is 0 Å². The third-order valence-electron chi connectivity index (χ3n) is 3.81. The molecule has 0 aliphatic heterocycles. The Kier molecular flexibility index (Phi) is 4.23. The number of hydrogen-bond donors (Lipinski definition) is 1. The van der Waals surface area contributed by atoms with Crippen LogP contribution in [0.2, 0.25) is 0 Å². The topological polar surface area (TPSA) is 29.5 Å². The third-order valence-corrected chi connectivity index (χ3v) is 5.06. The maximum absolute atomic E-state index is 10.1. The van der Waals surface area contributed by atoms with Crippen LogP contribution >= 0.6 is 11.3 Å². The van der Waals surface area contributed by atoms with E-state index in [1.807, 2.05) is 11.3 Å². The maximum Gasteiger partial charge on any atom is 0.0703 e. The second-order valence-electron chi connectivity index (χ2n) is 5.02. The van der Waals surface area contributed by atoms with Crippen molar-refractivity contribution >= 4 is 11.3 Å². The van der Waals surface area contributed by atoms with Crippen molar-refractivity contribution in [3.05, 3.63) is 21.9 Å². The van der Waals surface area contributed by atoms with Crippen LogP contribution in [-0.4, -0.2) is 23.9 Å². The van der Waals surface area contributed by atoms with Gasteiger partial charge in [0.05, 0.1) is 11.7 Å². The molecular formula is C14H22O2S. The molecule has 0 radical (unpaired) electrons. The Balaban J connectivity index is 1.86. The summed E-state index contributed by atoms with van der Waals surface area (Å²) in [6.07, 6.45) is 5.82. The van der Waals surface area contributed by atoms with Crippen LogP contribution in [0, 0.1) is 0 Å². The predicted molar refractivity (Wildman–Crippen MR) is 71.6 cm³/mol. The van der Waals surface area contributed by atoms with Crippen LogP contribution in [0.15, 0.2) is 12.1 Å². The second-order valence-corrected chi connectivity index (χ2v) is 6.28. The zero-order valence-electron chi connectivity index (χ0n) is 10.7. The summed E-state index contributed by atoms with van der Waals surface area (Å²) < 4.78 is 5.55. The summed E-state index contributed by atoms with van der Waals surface area (Å²) in [5.74, 6) is 0. The second kappa shape index (κ2) is 5.51. The van der Waals surface area contributed by atoms with E-state index in [1.54, 1.807) is 7.11 Å². The number of ether oxygens (including phenoxy) is 1. The number of aliphatic hydroxyl groups is 1. The van der Waals surface area contributed by atoms with Crippen molar-refractivity contribution in [3.8, 4) is 0 Å². The highest BCUT2D eigenvalue weighted by Gasteiger charge is 2.38. The average Bonchev–Trinajstić information content (AvgIpc) is 2.71. The van der Waals surface area contributed by atoms with Gasteiger partial charge in [-0.2, -0.15) is 0 Å². The lowest BCUT2D eigenvalue weighted by molar-refractivity contribution is -0.0988. The Morgan fingerprint density at radius 1 is 1.41 bits per heavy atom. The van der Waals surface area contributed by atoms with E-state index in [1.165, 1.54) is 16.2 Å². The normalized spacial score (nSPS) is 19.9. The largest absolute Gasteiger partial charge is 0.393 e. The summed E-state index contributed by atoms with van der Waals surface area (Å²) in [7, 11) is 1.77. The van der Waals surface area contributed by atoms with Crippen molar-refractivity contribution < 1.29 is 9.84 Å². The highest BCUT2D eigenvalue weighted by molar-refractivity contribution is 7.11. The van der Waals surface area contributed by atoms with Gasteiger partial charge in [-0.3, -0.25) is 0 Å². The molecule has 1 aromatic heterocycles. The molecule has 2 rings (SSSR count). The fourth-order valence-corrected chi connectivity index (χ4v) is 3.55. The molecule has 0 amide bonds. The minimum Gasteiger partial charge on any atom is -0.393 e. The van der Waals surface area contributed by atoms with Crippen molar-refractivity contribution in [2.45, 2.75) is 57.2 Å². The fraction of sp³-hybridized carbons (Fsp3) is 0.714. The Morgan fingerprint density at radius 3 is 2.59 bits per heavy atom. The zero-order valence-corrected chi connectivity index (χ0v) is 11.6. The molecule has 3 heteroatoms. The van der Waals surface area contributed by atoms with Crippen LogP contribution in [0.25, 0.3) is 0 Å². The van der Waals surface area contributed by atoms with Crippen molar-refractivity contribution in [1.82, 2.24) is 0 Å². The van der Waals surface area contributed by atoms with Gasteiger partial charge in [0.2, 0.25) is 0 Å². The Hall–Kier alpha value is -0.380. The average molecular weight is 254 g/mol. The zero-order chi connectivity index (χ0) is 12.3. The standard InChI is InChI=1S/C14H22O2S/c1-3-12-5-6-13(17-12)9-11(15)10-14(16-2)7-4-8-14/h5-6,11,15H,3-4,7-10H2,1-2H3. The molecule has 0 bridgehead atoms. The van der Waals surface area contributed by atoms with E-state index in [-0.39, 0.29) is 11.7 Å². The molecule has 1 N–H and O–H groups in total. The summed E-state index contributed by atoms with van der Waals surface area (Å²) in [5.41, 5.74) is -0.0235. The van der Waals surface area contributed by atoms with Crippen LogP contribution in [-0.2, 0) is 17.6 Å². The number of aliphatic hydroxyl groups excluding tert-OH is 1. The third kappa shape index (κ3) is 3.09. The van der Waals surface area contributed by atoms with Gasteiger partial charge >= 0.3 is 0 Å². The van der Waals surface area contributed by atoms with Crippen molar-refractivity contribution in [1.29, 1.82) is 0 Å². The van der Waals surface area contributed by atoms with E-state index < -0.39 is 0 Å². The number of aryl methyl sites for hydroxylation is 1. The fourth-order valence-electron chi connectivity index (χ4n) is 2.52. The number of methoxy groups -OCH3 is 1. The van der Waals surface area contributed by atoms with Crippen LogP contribution in [0.3, 0.4) is 0 Å². The molecule has 1 saturated carbocycles. The van der Waals surface area contributed by atoms with Gasteiger partial charge in [0, 0.05) is 29.7 Å². The lowest BCUT2D eigenvalue weighted by atomic mass is 9.76. The molecule has 1 heterocycles. The molecule has 96 valence electrons. The van der Waals surface area contributed by atoms with Crippen molar-refractivity contribution in [2.24, 2.45) is 0 Å². The van der Waals surface area contributed by atoms with E-state index in [0.717, 1.165) is 32.1 Å². The van der Waals surface area contributed by atoms with Gasteiger partial charge in [0.15, 0.2) is 0 Å². The lowest BCUT2D eigenvalue weighted by Gasteiger charge is -2.41. The van der Waals surface area contributed by atoms with Crippen LogP contribution in [0.1, 0.15) is 42.4 Å². The molecular weight excluding hydrogens is 232 g/mol. The molecule has 1 atom stereocenters. The molecule has 1 aromatic rings. The SMILES string of the molecule is CCc1ccc(CC(O)CC2(OC)CCC2)s1. The summed E-state index contributed by atoms with van der Waals surface area (Å²) in [4.78, 5) is 2.69. The smallest absolute Gasteiger partial charge is 0.0703 e. The molecule has 1 aliphatic carbocycles. The summed E-state index contributed by atoms with van der Waals surface area (Å²) in [6.45, 7) is 2.17. The monoisotopic (exact) mass is 254 g/mol. The maximum atomic E-state index is 10.1. The summed E-state index contributed by atoms with van der Waals surface area (Å²) in [5, 5.41) is 10.1. The van der Waals surface area contributed by atoms with Crippen molar-refractivity contribution in [3.63, 3.8) is 0 Å². The summed E-state index contributed by atoms with van der Waals surface area (Å²) >= 11 is 1.82. The summed E-state index contributed by atoms with van der Waals surface area (Å²) in [6, 6.07) is 4.31. The van der Waals surface area contributed by atoms with Gasteiger partial charge in [-0.25, -0.2) is 0 Å². The molecule has 0 spiro atoms. The molecule has 17 heavy (non-hydrogen) atoms. The molecule has 2 nitrogen and oxygen atoms in total. The molecule has 0 saturated heterocycles. The quantitative estimate of drug-likeness (QED) is 0.845. The number of thiophene rings is 1. The predicted octanol–water partition coefficient (Wildman–Crippen LogP) is 3.17. The van der Waals surface area contributed by atoms with Gasteiger partial charge in [0.1, 0.15) is 0 Å². The van der Waals surface area contributed by atoms with Crippen LogP contribution < -0.4 is 0 Å². The lowest BCUT2D eigenvalue weighted by Crippen LogP contribution is -2.42. The van der Waals surface area contributed by atoms with E-state index in [2.05, 4.69) is 19.1 Å². The highest BCUT2D eigenvalue weighted by Crippen LogP contribution is 2.39. The first kappa shape index (κ1) is 13.1. The van der Waals surface area contributed by atoms with E-state index in [0.29, 0.717) is 0 Å². The minimum atomic E-state index is -0.265. The van der Waals surface area contributed by atoms with Gasteiger partial charge in [0.25, 0.3) is 0 Å². The van der Waals surface area contributed by atoms with E-state index in [9.17, 15) is 5.11 Å². The Morgan fingerprint density at radius 2 is 2.12 bits per heavy atom. The van der Waals surface area contributed by atoms with E-state index >= 15 is 0 Å². The first-order valence-electron chi connectivity index (χ1n) is 6.48. The molecule has 1 unspecified atom stereocenters. The Labute approximate surface area is 108 Å². The molecule has 1 fully saturated rings. The van der Waals surface area contributed by atoms with Gasteiger partial charge in [-0.1, -0.05) is 6.92 Å². The van der Waals surface area contributed by atoms with Gasteiger partial charge in [-0.05, 0) is 37.8 Å². The number of hydrogen-bond acceptors (Lipinski definition) is 3. The molecule has 1 aliphatic rings. The van der Waals surface area contributed by atoms with E-state index in [4.69, 9.17) is 4.74 Å². The minimum absolute atomic E-state index is 0.0235. The van der Waals surface area contributed by atoms with Gasteiger partial charge in [-0.15, -0.1) is 11.3 Å². The first-order chi connectivity index (χ1) is 8.17. The highest BCUT2D eigenvalue weighted by atomic mass is 32.1. The Bertz CT molecular complexity index is 349. The first-order valence-corrected chi connectivity index (χ1v) is 7.30. The van der Waals surface area contributed by atoms with Crippen molar-refractivity contribution in [2.75, 3.05) is 7.11 Å².